The summed E-state index contributed by atoms with van der Waals surface area (Å²) < 4.78 is 10.5. The predicted molar refractivity (Wildman–Crippen MR) is 145 cm³/mol. The van der Waals surface area contributed by atoms with Crippen molar-refractivity contribution >= 4 is 23.3 Å². The standard InChI is InChI=1S/C27H38N6O3/c1-6-32-25-24(26(34)33(7-2)27(32)35)29(5)23(28-25)13-10-21-8-11-22(12-9-21)36-19-18-30-14-16-31(17-15-30)20(3)4/h8-13,20H,6-7,14-19H2,1-5H3. The summed E-state index contributed by atoms with van der Waals surface area (Å²) in [7, 11) is 1.81. The minimum absolute atomic E-state index is 0.305. The molecular weight excluding hydrogens is 456 g/mol. The van der Waals surface area contributed by atoms with E-state index < -0.39 is 0 Å². The third-order valence-electron chi connectivity index (χ3n) is 7.03. The van der Waals surface area contributed by atoms with Gasteiger partial charge >= 0.3 is 5.69 Å². The molecule has 0 N–H and O–H groups in total. The summed E-state index contributed by atoms with van der Waals surface area (Å²) >= 11 is 0. The summed E-state index contributed by atoms with van der Waals surface area (Å²) in [6, 6.07) is 8.56. The molecule has 1 aliphatic heterocycles. The van der Waals surface area contributed by atoms with E-state index in [0.29, 0.717) is 42.7 Å². The van der Waals surface area contributed by atoms with Crippen molar-refractivity contribution in [2.75, 3.05) is 39.3 Å². The molecule has 2 aromatic heterocycles. The number of hydrogen-bond donors (Lipinski definition) is 0. The lowest BCUT2D eigenvalue weighted by atomic mass is 10.2. The molecule has 0 amide bonds. The molecule has 9 nitrogen and oxygen atoms in total. The van der Waals surface area contributed by atoms with Crippen molar-refractivity contribution in [2.24, 2.45) is 7.05 Å². The predicted octanol–water partition coefficient (Wildman–Crippen LogP) is 2.51. The van der Waals surface area contributed by atoms with Crippen LogP contribution in [0.2, 0.25) is 0 Å². The van der Waals surface area contributed by atoms with Crippen molar-refractivity contribution in [2.45, 2.75) is 46.8 Å². The van der Waals surface area contributed by atoms with E-state index in [1.165, 1.54) is 4.57 Å². The van der Waals surface area contributed by atoms with E-state index in [1.54, 1.807) is 23.1 Å². The average molecular weight is 495 g/mol. The van der Waals surface area contributed by atoms with Gasteiger partial charge in [0.2, 0.25) is 0 Å². The molecule has 1 saturated heterocycles. The van der Waals surface area contributed by atoms with Crippen LogP contribution in [0.15, 0.2) is 33.9 Å². The van der Waals surface area contributed by atoms with E-state index in [-0.39, 0.29) is 11.2 Å². The summed E-state index contributed by atoms with van der Waals surface area (Å²) in [6.07, 6.45) is 3.82. The second kappa shape index (κ2) is 11.3. The number of ether oxygens (including phenoxy) is 1. The summed E-state index contributed by atoms with van der Waals surface area (Å²) in [5.41, 5.74) is 1.23. The van der Waals surface area contributed by atoms with E-state index in [9.17, 15) is 9.59 Å². The Morgan fingerprint density at radius 3 is 2.25 bits per heavy atom. The first-order valence-electron chi connectivity index (χ1n) is 12.9. The lowest BCUT2D eigenvalue weighted by molar-refractivity contribution is 0.0971. The SMILES string of the molecule is CCn1c(=O)c2c(nc(C=Cc3ccc(OCCN4CCN(C(C)C)CC4)cc3)n2C)n(CC)c1=O. The van der Waals surface area contributed by atoms with Gasteiger partial charge in [-0.2, -0.15) is 0 Å². The van der Waals surface area contributed by atoms with E-state index in [0.717, 1.165) is 44.0 Å². The Kier molecular flexibility index (Phi) is 8.11. The van der Waals surface area contributed by atoms with Crippen LogP contribution in [0.4, 0.5) is 0 Å². The second-order valence-corrected chi connectivity index (χ2v) is 9.50. The van der Waals surface area contributed by atoms with Crippen LogP contribution in [0.5, 0.6) is 5.75 Å². The first kappa shape index (κ1) is 25.9. The average Bonchev–Trinajstić information content (AvgIpc) is 3.20. The van der Waals surface area contributed by atoms with Crippen LogP contribution in [0, 0.1) is 0 Å². The van der Waals surface area contributed by atoms with Gasteiger partial charge in [0, 0.05) is 58.9 Å². The maximum Gasteiger partial charge on any atom is 0.332 e. The van der Waals surface area contributed by atoms with Gasteiger partial charge in [0.1, 0.15) is 18.2 Å². The molecule has 3 heterocycles. The zero-order chi connectivity index (χ0) is 25.8. The number of rotatable bonds is 9. The molecule has 9 heteroatoms. The third kappa shape index (κ3) is 5.32. The minimum Gasteiger partial charge on any atom is -0.492 e. The number of aromatic nitrogens is 4. The Morgan fingerprint density at radius 2 is 1.64 bits per heavy atom. The molecular formula is C27H38N6O3. The van der Waals surface area contributed by atoms with Crippen LogP contribution in [-0.2, 0) is 20.1 Å². The third-order valence-corrected chi connectivity index (χ3v) is 7.03. The molecule has 36 heavy (non-hydrogen) atoms. The highest BCUT2D eigenvalue weighted by atomic mass is 16.5. The summed E-state index contributed by atoms with van der Waals surface area (Å²) in [4.78, 5) is 35.1. The Labute approximate surface area is 212 Å². The zero-order valence-corrected chi connectivity index (χ0v) is 22.1. The fraction of sp³-hybridized carbons (Fsp3) is 0.519. The number of nitrogens with zero attached hydrogens (tertiary/aromatic N) is 6. The van der Waals surface area contributed by atoms with Gasteiger partial charge < -0.3 is 9.30 Å². The lowest BCUT2D eigenvalue weighted by Gasteiger charge is -2.36. The van der Waals surface area contributed by atoms with Crippen molar-refractivity contribution < 1.29 is 4.74 Å². The highest BCUT2D eigenvalue weighted by Gasteiger charge is 2.19. The van der Waals surface area contributed by atoms with E-state index in [4.69, 9.17) is 4.74 Å². The Morgan fingerprint density at radius 1 is 0.972 bits per heavy atom. The number of imidazole rings is 1. The Bertz CT molecular complexity index is 1320. The van der Waals surface area contributed by atoms with Crippen molar-refractivity contribution in [1.29, 1.82) is 0 Å². The van der Waals surface area contributed by atoms with Gasteiger partial charge in [-0.25, -0.2) is 9.78 Å². The van der Waals surface area contributed by atoms with Crippen LogP contribution < -0.4 is 16.0 Å². The molecule has 0 atom stereocenters. The molecule has 1 aliphatic rings. The molecule has 4 rings (SSSR count). The summed E-state index contributed by atoms with van der Waals surface area (Å²) in [6.45, 7) is 15.0. The number of piperazine rings is 1. The minimum atomic E-state index is -0.320. The van der Waals surface area contributed by atoms with Gasteiger partial charge in [0.05, 0.1) is 0 Å². The van der Waals surface area contributed by atoms with Gasteiger partial charge in [-0.1, -0.05) is 18.2 Å². The van der Waals surface area contributed by atoms with Gasteiger partial charge in [-0.3, -0.25) is 23.7 Å². The summed E-state index contributed by atoms with van der Waals surface area (Å²) in [5.74, 6) is 1.47. The highest BCUT2D eigenvalue weighted by Crippen LogP contribution is 2.16. The van der Waals surface area contributed by atoms with Crippen molar-refractivity contribution in [3.05, 3.63) is 56.5 Å². The number of aryl methyl sites for hydroxylation is 2. The maximum absolute atomic E-state index is 12.9. The molecule has 0 unspecified atom stereocenters. The normalized spacial score (nSPS) is 15.5. The van der Waals surface area contributed by atoms with Gasteiger partial charge in [-0.15, -0.1) is 0 Å². The van der Waals surface area contributed by atoms with Crippen molar-refractivity contribution in [3.63, 3.8) is 0 Å². The highest BCUT2D eigenvalue weighted by molar-refractivity contribution is 5.76. The quantitative estimate of drug-likeness (QED) is 0.455. The summed E-state index contributed by atoms with van der Waals surface area (Å²) in [5, 5.41) is 0. The lowest BCUT2D eigenvalue weighted by Crippen LogP contribution is -2.49. The van der Waals surface area contributed by atoms with Crippen LogP contribution in [-0.4, -0.2) is 73.9 Å². The van der Waals surface area contributed by atoms with Crippen LogP contribution >= 0.6 is 0 Å². The zero-order valence-electron chi connectivity index (χ0n) is 22.1. The molecule has 0 saturated carbocycles. The molecule has 0 radical (unpaired) electrons. The van der Waals surface area contributed by atoms with Crippen LogP contribution in [0.25, 0.3) is 23.3 Å². The molecule has 3 aromatic rings. The molecule has 0 bridgehead atoms. The van der Waals surface area contributed by atoms with Crippen molar-refractivity contribution in [1.82, 2.24) is 28.5 Å². The van der Waals surface area contributed by atoms with Crippen molar-refractivity contribution in [3.8, 4) is 5.75 Å². The Balaban J connectivity index is 1.40. The second-order valence-electron chi connectivity index (χ2n) is 9.50. The number of benzene rings is 1. The molecule has 1 fully saturated rings. The first-order valence-corrected chi connectivity index (χ1v) is 12.9. The number of hydrogen-bond acceptors (Lipinski definition) is 6. The van der Waals surface area contributed by atoms with Gasteiger partial charge in [0.15, 0.2) is 11.2 Å². The van der Waals surface area contributed by atoms with E-state index >= 15 is 0 Å². The van der Waals surface area contributed by atoms with E-state index in [1.807, 2.05) is 43.3 Å². The Hall–Kier alpha value is -3.17. The molecule has 194 valence electrons. The largest absolute Gasteiger partial charge is 0.492 e. The fourth-order valence-corrected chi connectivity index (χ4v) is 4.73. The first-order chi connectivity index (χ1) is 17.3. The maximum atomic E-state index is 12.9. The van der Waals surface area contributed by atoms with Gasteiger partial charge in [0.25, 0.3) is 5.56 Å². The smallest absolute Gasteiger partial charge is 0.332 e. The van der Waals surface area contributed by atoms with E-state index in [2.05, 4.69) is 28.6 Å². The topological polar surface area (TPSA) is 77.5 Å². The molecule has 0 aliphatic carbocycles. The molecule has 0 spiro atoms. The van der Waals surface area contributed by atoms with Crippen LogP contribution in [0.1, 0.15) is 39.1 Å². The molecule has 1 aromatic carbocycles. The van der Waals surface area contributed by atoms with Crippen LogP contribution in [0.3, 0.4) is 0 Å². The van der Waals surface area contributed by atoms with Gasteiger partial charge in [-0.05, 0) is 51.5 Å². The number of fused-ring (bicyclic) bond motifs is 1. The fourth-order valence-electron chi connectivity index (χ4n) is 4.73. The monoisotopic (exact) mass is 494 g/mol.